The number of thioether (sulfide) groups is 1. The first-order valence-corrected chi connectivity index (χ1v) is 9.85. The van der Waals surface area contributed by atoms with Crippen molar-refractivity contribution in [2.45, 2.75) is 18.6 Å². The third-order valence-electron chi connectivity index (χ3n) is 4.79. The molecule has 4 heteroatoms. The third-order valence-corrected chi connectivity index (χ3v) is 6.10. The summed E-state index contributed by atoms with van der Waals surface area (Å²) in [7, 11) is 4.02. The molecular weight excluding hydrogens is 328 g/mol. The summed E-state index contributed by atoms with van der Waals surface area (Å²) in [5.74, 6) is 1.14. The number of carbonyl (C=O) groups is 1. The second-order valence-electron chi connectivity index (χ2n) is 6.74. The molecule has 0 radical (unpaired) electrons. The van der Waals surface area contributed by atoms with Crippen LogP contribution in [-0.4, -0.2) is 43.7 Å². The van der Waals surface area contributed by atoms with Gasteiger partial charge in [-0.25, -0.2) is 0 Å². The number of carbonyl (C=O) groups excluding carboxylic acids is 1. The maximum Gasteiger partial charge on any atom is 0.253 e. The monoisotopic (exact) mass is 354 g/mol. The van der Waals surface area contributed by atoms with Gasteiger partial charge in [-0.15, -0.1) is 0 Å². The standard InChI is InChI=1S/C21H26N2OS/c1-16-6-4-5-7-19(16)20-12-13-23(14-15-25-20)21(24)17-8-10-18(11-9-17)22(2)3/h4-11,20H,12-15H2,1-3H3. The molecular formula is C21H26N2OS. The molecule has 0 bridgehead atoms. The lowest BCUT2D eigenvalue weighted by molar-refractivity contribution is 0.0766. The predicted molar refractivity (Wildman–Crippen MR) is 108 cm³/mol. The molecule has 3 rings (SSSR count). The van der Waals surface area contributed by atoms with Crippen molar-refractivity contribution in [1.82, 2.24) is 4.90 Å². The SMILES string of the molecule is Cc1ccccc1C1CCN(C(=O)c2ccc(N(C)C)cc2)CCS1. The summed E-state index contributed by atoms with van der Waals surface area (Å²) in [5.41, 5.74) is 4.66. The van der Waals surface area contributed by atoms with Gasteiger partial charge in [-0.1, -0.05) is 24.3 Å². The normalized spacial score (nSPS) is 17.9. The lowest BCUT2D eigenvalue weighted by atomic mass is 10.0. The molecule has 1 amide bonds. The molecule has 1 fully saturated rings. The van der Waals surface area contributed by atoms with Gasteiger partial charge < -0.3 is 9.80 Å². The molecule has 2 aromatic carbocycles. The highest BCUT2D eigenvalue weighted by Gasteiger charge is 2.23. The topological polar surface area (TPSA) is 23.6 Å². The van der Waals surface area contributed by atoms with Crippen LogP contribution in [0.5, 0.6) is 0 Å². The molecule has 0 spiro atoms. The molecule has 1 atom stereocenters. The van der Waals surface area contributed by atoms with Crippen molar-refractivity contribution in [2.75, 3.05) is 37.8 Å². The molecule has 1 aliphatic rings. The van der Waals surface area contributed by atoms with Gasteiger partial charge in [0.2, 0.25) is 0 Å². The van der Waals surface area contributed by atoms with E-state index in [1.165, 1.54) is 11.1 Å². The van der Waals surface area contributed by atoms with E-state index in [0.29, 0.717) is 5.25 Å². The first-order valence-electron chi connectivity index (χ1n) is 8.80. The van der Waals surface area contributed by atoms with E-state index in [2.05, 4.69) is 31.2 Å². The van der Waals surface area contributed by atoms with Crippen molar-refractivity contribution >= 4 is 23.4 Å². The van der Waals surface area contributed by atoms with Gasteiger partial charge in [0.25, 0.3) is 5.91 Å². The van der Waals surface area contributed by atoms with Gasteiger partial charge in [0.15, 0.2) is 0 Å². The van der Waals surface area contributed by atoms with E-state index < -0.39 is 0 Å². The fourth-order valence-electron chi connectivity index (χ4n) is 3.25. The second-order valence-corrected chi connectivity index (χ2v) is 8.05. The van der Waals surface area contributed by atoms with E-state index in [-0.39, 0.29) is 5.91 Å². The maximum absolute atomic E-state index is 12.8. The highest BCUT2D eigenvalue weighted by molar-refractivity contribution is 7.99. The molecule has 2 aromatic rings. The number of hydrogen-bond donors (Lipinski definition) is 0. The summed E-state index contributed by atoms with van der Waals surface area (Å²) in [6, 6.07) is 16.5. The highest BCUT2D eigenvalue weighted by Crippen LogP contribution is 2.36. The van der Waals surface area contributed by atoms with Crippen LogP contribution in [0.25, 0.3) is 0 Å². The molecule has 25 heavy (non-hydrogen) atoms. The van der Waals surface area contributed by atoms with E-state index in [4.69, 9.17) is 0 Å². The Bertz CT molecular complexity index is 727. The first-order chi connectivity index (χ1) is 12.1. The van der Waals surface area contributed by atoms with Crippen molar-refractivity contribution < 1.29 is 4.79 Å². The molecule has 1 saturated heterocycles. The number of nitrogens with zero attached hydrogens (tertiary/aromatic N) is 2. The van der Waals surface area contributed by atoms with Gasteiger partial charge in [0, 0.05) is 49.4 Å². The van der Waals surface area contributed by atoms with Crippen LogP contribution >= 0.6 is 11.8 Å². The summed E-state index contributed by atoms with van der Waals surface area (Å²) in [6.07, 6.45) is 1.01. The van der Waals surface area contributed by atoms with E-state index in [1.807, 2.05) is 59.9 Å². The largest absolute Gasteiger partial charge is 0.378 e. The van der Waals surface area contributed by atoms with Crippen LogP contribution in [0, 0.1) is 6.92 Å². The van der Waals surface area contributed by atoms with Gasteiger partial charge in [0.1, 0.15) is 0 Å². The van der Waals surface area contributed by atoms with Crippen LogP contribution < -0.4 is 4.90 Å². The predicted octanol–water partition coefficient (Wildman–Crippen LogP) is 4.38. The number of hydrogen-bond acceptors (Lipinski definition) is 3. The molecule has 0 aromatic heterocycles. The summed E-state index contributed by atoms with van der Waals surface area (Å²) in [5, 5.41) is 0.482. The Kier molecular flexibility index (Phi) is 5.69. The van der Waals surface area contributed by atoms with Crippen LogP contribution in [0.3, 0.4) is 0 Å². The Morgan fingerprint density at radius 1 is 1.08 bits per heavy atom. The Balaban J connectivity index is 1.68. The quantitative estimate of drug-likeness (QED) is 0.817. The summed E-state index contributed by atoms with van der Waals surface area (Å²) in [4.78, 5) is 16.9. The summed E-state index contributed by atoms with van der Waals surface area (Å²) >= 11 is 1.97. The fourth-order valence-corrected chi connectivity index (χ4v) is 4.58. The maximum atomic E-state index is 12.8. The zero-order valence-electron chi connectivity index (χ0n) is 15.2. The minimum Gasteiger partial charge on any atom is -0.378 e. The van der Waals surface area contributed by atoms with Gasteiger partial charge in [0.05, 0.1) is 0 Å². The van der Waals surface area contributed by atoms with Crippen LogP contribution in [-0.2, 0) is 0 Å². The minimum absolute atomic E-state index is 0.149. The van der Waals surface area contributed by atoms with Crippen molar-refractivity contribution in [3.63, 3.8) is 0 Å². The van der Waals surface area contributed by atoms with Crippen molar-refractivity contribution in [1.29, 1.82) is 0 Å². The Morgan fingerprint density at radius 3 is 2.48 bits per heavy atom. The van der Waals surface area contributed by atoms with Crippen LogP contribution in [0.2, 0.25) is 0 Å². The van der Waals surface area contributed by atoms with Gasteiger partial charge in [-0.3, -0.25) is 4.79 Å². The zero-order valence-corrected chi connectivity index (χ0v) is 16.1. The number of aryl methyl sites for hydroxylation is 1. The third kappa shape index (κ3) is 4.18. The Labute approximate surface area is 155 Å². The first kappa shape index (κ1) is 17.9. The zero-order chi connectivity index (χ0) is 17.8. The lowest BCUT2D eigenvalue weighted by Gasteiger charge is -2.21. The minimum atomic E-state index is 0.149. The van der Waals surface area contributed by atoms with Crippen LogP contribution in [0.1, 0.15) is 33.2 Å². The average molecular weight is 355 g/mol. The van der Waals surface area contributed by atoms with E-state index >= 15 is 0 Å². The smallest absolute Gasteiger partial charge is 0.253 e. The molecule has 1 heterocycles. The van der Waals surface area contributed by atoms with Gasteiger partial charge in [-0.05, 0) is 48.7 Å². The van der Waals surface area contributed by atoms with E-state index in [9.17, 15) is 4.79 Å². The van der Waals surface area contributed by atoms with Crippen molar-refractivity contribution in [3.05, 3.63) is 65.2 Å². The van der Waals surface area contributed by atoms with E-state index in [1.54, 1.807) is 0 Å². The number of amides is 1. The molecule has 0 saturated carbocycles. The highest BCUT2D eigenvalue weighted by atomic mass is 32.2. The van der Waals surface area contributed by atoms with Crippen LogP contribution in [0.15, 0.2) is 48.5 Å². The molecule has 0 aliphatic carbocycles. The molecule has 3 nitrogen and oxygen atoms in total. The molecule has 1 unspecified atom stereocenters. The summed E-state index contributed by atoms with van der Waals surface area (Å²) < 4.78 is 0. The molecule has 132 valence electrons. The number of benzene rings is 2. The second kappa shape index (κ2) is 7.96. The Morgan fingerprint density at radius 2 is 1.80 bits per heavy atom. The fraction of sp³-hybridized carbons (Fsp3) is 0.381. The average Bonchev–Trinajstić information content (AvgIpc) is 2.87. The van der Waals surface area contributed by atoms with Crippen molar-refractivity contribution in [2.24, 2.45) is 0 Å². The van der Waals surface area contributed by atoms with Crippen molar-refractivity contribution in [3.8, 4) is 0 Å². The van der Waals surface area contributed by atoms with Gasteiger partial charge in [-0.2, -0.15) is 11.8 Å². The summed E-state index contributed by atoms with van der Waals surface area (Å²) in [6.45, 7) is 3.82. The molecule has 0 N–H and O–H groups in total. The number of rotatable bonds is 3. The van der Waals surface area contributed by atoms with E-state index in [0.717, 1.165) is 36.5 Å². The Hall–Kier alpha value is -1.94. The number of anilines is 1. The lowest BCUT2D eigenvalue weighted by Crippen LogP contribution is -2.33. The van der Waals surface area contributed by atoms with Gasteiger partial charge >= 0.3 is 0 Å². The molecule has 1 aliphatic heterocycles. The van der Waals surface area contributed by atoms with Crippen LogP contribution in [0.4, 0.5) is 5.69 Å².